The lowest BCUT2D eigenvalue weighted by atomic mass is 9.99. The van der Waals surface area contributed by atoms with Crippen molar-refractivity contribution in [1.82, 2.24) is 15.5 Å². The van der Waals surface area contributed by atoms with Gasteiger partial charge in [-0.3, -0.25) is 9.69 Å². The molecule has 104 valence electrons. The SMILES string of the molecule is O=C(NCCCN1CCOCC1)C1CCCNC1. The van der Waals surface area contributed by atoms with Gasteiger partial charge in [-0.2, -0.15) is 0 Å². The number of piperidine rings is 1. The van der Waals surface area contributed by atoms with E-state index in [9.17, 15) is 4.79 Å². The van der Waals surface area contributed by atoms with Gasteiger partial charge in [0.15, 0.2) is 0 Å². The smallest absolute Gasteiger partial charge is 0.224 e. The molecule has 1 amide bonds. The number of carbonyl (C=O) groups excluding carboxylic acids is 1. The van der Waals surface area contributed by atoms with Crippen molar-refractivity contribution in [1.29, 1.82) is 0 Å². The van der Waals surface area contributed by atoms with E-state index in [1.54, 1.807) is 0 Å². The molecule has 0 saturated carbocycles. The molecule has 0 spiro atoms. The summed E-state index contributed by atoms with van der Waals surface area (Å²) in [5, 5.41) is 6.33. The van der Waals surface area contributed by atoms with Crippen LogP contribution in [0.4, 0.5) is 0 Å². The predicted molar refractivity (Wildman–Crippen MR) is 70.5 cm³/mol. The van der Waals surface area contributed by atoms with Gasteiger partial charge >= 0.3 is 0 Å². The summed E-state index contributed by atoms with van der Waals surface area (Å²) < 4.78 is 5.31. The van der Waals surface area contributed by atoms with Crippen LogP contribution in [0.3, 0.4) is 0 Å². The molecule has 2 aliphatic rings. The van der Waals surface area contributed by atoms with Crippen LogP contribution < -0.4 is 10.6 Å². The molecule has 5 nitrogen and oxygen atoms in total. The summed E-state index contributed by atoms with van der Waals surface area (Å²) in [5.74, 6) is 0.409. The highest BCUT2D eigenvalue weighted by atomic mass is 16.5. The third kappa shape index (κ3) is 4.55. The van der Waals surface area contributed by atoms with Gasteiger partial charge in [-0.05, 0) is 32.4 Å². The second-order valence-corrected chi connectivity index (χ2v) is 5.14. The minimum absolute atomic E-state index is 0.183. The lowest BCUT2D eigenvalue weighted by molar-refractivity contribution is -0.125. The summed E-state index contributed by atoms with van der Waals surface area (Å²) in [6.07, 6.45) is 3.18. The third-order valence-corrected chi connectivity index (χ3v) is 3.72. The van der Waals surface area contributed by atoms with E-state index < -0.39 is 0 Å². The summed E-state index contributed by atoms with van der Waals surface area (Å²) in [7, 11) is 0. The second kappa shape index (κ2) is 7.71. The van der Waals surface area contributed by atoms with Crippen LogP contribution in [-0.2, 0) is 9.53 Å². The van der Waals surface area contributed by atoms with Gasteiger partial charge in [0.1, 0.15) is 0 Å². The Morgan fingerprint density at radius 1 is 1.39 bits per heavy atom. The molecule has 0 aliphatic carbocycles. The highest BCUT2D eigenvalue weighted by Gasteiger charge is 2.20. The van der Waals surface area contributed by atoms with Crippen LogP contribution in [0.1, 0.15) is 19.3 Å². The Balaban J connectivity index is 1.52. The minimum Gasteiger partial charge on any atom is -0.379 e. The number of rotatable bonds is 5. The van der Waals surface area contributed by atoms with E-state index in [1.807, 2.05) is 0 Å². The molecule has 2 heterocycles. The van der Waals surface area contributed by atoms with Crippen LogP contribution in [0.2, 0.25) is 0 Å². The topological polar surface area (TPSA) is 53.6 Å². The van der Waals surface area contributed by atoms with E-state index in [-0.39, 0.29) is 11.8 Å². The monoisotopic (exact) mass is 255 g/mol. The van der Waals surface area contributed by atoms with Crippen molar-refractivity contribution in [3.05, 3.63) is 0 Å². The maximum absolute atomic E-state index is 11.9. The van der Waals surface area contributed by atoms with E-state index in [4.69, 9.17) is 4.74 Å². The molecule has 2 saturated heterocycles. The molecule has 18 heavy (non-hydrogen) atoms. The van der Waals surface area contributed by atoms with Crippen molar-refractivity contribution in [3.8, 4) is 0 Å². The fourth-order valence-electron chi connectivity index (χ4n) is 2.56. The van der Waals surface area contributed by atoms with Crippen LogP contribution in [0.15, 0.2) is 0 Å². The van der Waals surface area contributed by atoms with Crippen LogP contribution in [0.25, 0.3) is 0 Å². The van der Waals surface area contributed by atoms with Crippen LogP contribution in [-0.4, -0.2) is 63.3 Å². The molecule has 2 aliphatic heterocycles. The molecule has 5 heteroatoms. The molecule has 2 N–H and O–H groups in total. The van der Waals surface area contributed by atoms with Crippen molar-refractivity contribution in [2.24, 2.45) is 5.92 Å². The lowest BCUT2D eigenvalue weighted by Gasteiger charge is -2.26. The van der Waals surface area contributed by atoms with E-state index in [2.05, 4.69) is 15.5 Å². The van der Waals surface area contributed by atoms with Crippen LogP contribution in [0, 0.1) is 5.92 Å². The largest absolute Gasteiger partial charge is 0.379 e. The number of nitrogens with zero attached hydrogens (tertiary/aromatic N) is 1. The Labute approximate surface area is 109 Å². The highest BCUT2D eigenvalue weighted by Crippen LogP contribution is 2.09. The fraction of sp³-hybridized carbons (Fsp3) is 0.923. The Morgan fingerprint density at radius 2 is 2.22 bits per heavy atom. The van der Waals surface area contributed by atoms with Gasteiger partial charge in [-0.15, -0.1) is 0 Å². The standard InChI is InChI=1S/C13H25N3O2/c17-13(12-3-1-4-14-11-12)15-5-2-6-16-7-9-18-10-8-16/h12,14H,1-11H2,(H,15,17). The van der Waals surface area contributed by atoms with Crippen molar-refractivity contribution in [2.75, 3.05) is 52.5 Å². The molecule has 0 aromatic heterocycles. The lowest BCUT2D eigenvalue weighted by Crippen LogP contribution is -2.42. The second-order valence-electron chi connectivity index (χ2n) is 5.14. The Kier molecular flexibility index (Phi) is 5.90. The predicted octanol–water partition coefficient (Wildman–Crippen LogP) is -0.175. The number of hydrogen-bond acceptors (Lipinski definition) is 4. The normalized spacial score (nSPS) is 25.9. The molecule has 1 atom stereocenters. The van der Waals surface area contributed by atoms with E-state index in [0.29, 0.717) is 0 Å². The Bertz CT molecular complexity index is 249. The van der Waals surface area contributed by atoms with Crippen LogP contribution in [0.5, 0.6) is 0 Å². The summed E-state index contributed by atoms with van der Waals surface area (Å²) in [5.41, 5.74) is 0. The summed E-state index contributed by atoms with van der Waals surface area (Å²) in [4.78, 5) is 14.3. The van der Waals surface area contributed by atoms with Crippen molar-refractivity contribution in [2.45, 2.75) is 19.3 Å². The molecule has 1 unspecified atom stereocenters. The van der Waals surface area contributed by atoms with Gasteiger partial charge in [0.05, 0.1) is 19.1 Å². The average molecular weight is 255 g/mol. The van der Waals surface area contributed by atoms with Crippen molar-refractivity contribution in [3.63, 3.8) is 0 Å². The Morgan fingerprint density at radius 3 is 2.94 bits per heavy atom. The zero-order valence-corrected chi connectivity index (χ0v) is 11.1. The Hall–Kier alpha value is -0.650. The first-order chi connectivity index (χ1) is 8.86. The van der Waals surface area contributed by atoms with Gasteiger partial charge in [0.2, 0.25) is 5.91 Å². The molecular formula is C13H25N3O2. The zero-order valence-electron chi connectivity index (χ0n) is 11.1. The van der Waals surface area contributed by atoms with Crippen molar-refractivity contribution >= 4 is 5.91 Å². The molecule has 0 aromatic rings. The van der Waals surface area contributed by atoms with E-state index >= 15 is 0 Å². The van der Waals surface area contributed by atoms with E-state index in [0.717, 1.165) is 71.7 Å². The number of ether oxygens (including phenoxy) is 1. The average Bonchev–Trinajstić information content (AvgIpc) is 2.45. The summed E-state index contributed by atoms with van der Waals surface area (Å²) in [6, 6.07) is 0. The summed E-state index contributed by atoms with van der Waals surface area (Å²) >= 11 is 0. The van der Waals surface area contributed by atoms with Gasteiger partial charge < -0.3 is 15.4 Å². The van der Waals surface area contributed by atoms with E-state index in [1.165, 1.54) is 0 Å². The number of amides is 1. The number of hydrogen-bond donors (Lipinski definition) is 2. The maximum Gasteiger partial charge on any atom is 0.224 e. The third-order valence-electron chi connectivity index (χ3n) is 3.72. The fourth-order valence-corrected chi connectivity index (χ4v) is 2.56. The minimum atomic E-state index is 0.183. The summed E-state index contributed by atoms with van der Waals surface area (Å²) in [6.45, 7) is 7.51. The molecule has 2 fully saturated rings. The zero-order chi connectivity index (χ0) is 12.6. The van der Waals surface area contributed by atoms with Crippen molar-refractivity contribution < 1.29 is 9.53 Å². The number of carbonyl (C=O) groups is 1. The maximum atomic E-state index is 11.9. The molecular weight excluding hydrogens is 230 g/mol. The van der Waals surface area contributed by atoms with Crippen LogP contribution >= 0.6 is 0 Å². The van der Waals surface area contributed by atoms with Gasteiger partial charge in [0.25, 0.3) is 0 Å². The quantitative estimate of drug-likeness (QED) is 0.670. The number of nitrogens with one attached hydrogen (secondary N) is 2. The first-order valence-corrected chi connectivity index (χ1v) is 7.15. The molecule has 2 rings (SSSR count). The molecule has 0 bridgehead atoms. The first-order valence-electron chi connectivity index (χ1n) is 7.15. The highest BCUT2D eigenvalue weighted by molar-refractivity contribution is 5.78. The molecule has 0 radical (unpaired) electrons. The molecule has 0 aromatic carbocycles. The van der Waals surface area contributed by atoms with Gasteiger partial charge in [-0.25, -0.2) is 0 Å². The first kappa shape index (κ1) is 13.8. The van der Waals surface area contributed by atoms with Gasteiger partial charge in [-0.1, -0.05) is 0 Å². The van der Waals surface area contributed by atoms with Gasteiger partial charge in [0, 0.05) is 26.2 Å². The number of morpholine rings is 1.